The van der Waals surface area contributed by atoms with Crippen molar-refractivity contribution < 1.29 is 4.79 Å². The van der Waals surface area contributed by atoms with E-state index in [2.05, 4.69) is 26.2 Å². The number of rotatable bonds is 5. The number of fused-ring (bicyclic) bond motifs is 1. The molecule has 0 fully saturated rings. The monoisotopic (exact) mass is 465 g/mol. The second kappa shape index (κ2) is 8.46. The van der Waals surface area contributed by atoms with E-state index in [-0.39, 0.29) is 11.5 Å². The number of amides is 1. The number of carbonyl (C=O) groups is 1. The molecule has 27 heavy (non-hydrogen) atoms. The topological polar surface area (TPSA) is 64.0 Å². The van der Waals surface area contributed by atoms with E-state index in [0.717, 1.165) is 4.47 Å². The van der Waals surface area contributed by atoms with Gasteiger partial charge in [-0.15, -0.1) is 0 Å². The van der Waals surface area contributed by atoms with Gasteiger partial charge in [-0.2, -0.15) is 0 Å². The zero-order valence-electron chi connectivity index (χ0n) is 14.7. The average molecular weight is 467 g/mol. The fourth-order valence-electron chi connectivity index (χ4n) is 2.56. The minimum atomic E-state index is -0.443. The molecule has 0 radical (unpaired) electrons. The van der Waals surface area contributed by atoms with Gasteiger partial charge in [0.05, 0.1) is 16.2 Å². The molecular formula is C19H17BrClN3O2S. The highest BCUT2D eigenvalue weighted by Crippen LogP contribution is 2.25. The van der Waals surface area contributed by atoms with Gasteiger partial charge < -0.3 is 5.32 Å². The summed E-state index contributed by atoms with van der Waals surface area (Å²) in [7, 11) is 0. The lowest BCUT2D eigenvalue weighted by molar-refractivity contribution is -0.115. The predicted molar refractivity (Wildman–Crippen MR) is 115 cm³/mol. The minimum absolute atomic E-state index is 0.117. The first kappa shape index (κ1) is 19.9. The lowest BCUT2D eigenvalue weighted by Gasteiger charge is -2.15. The molecule has 2 aromatic carbocycles. The van der Waals surface area contributed by atoms with Crippen LogP contribution in [0.3, 0.4) is 0 Å². The van der Waals surface area contributed by atoms with Gasteiger partial charge in [-0.3, -0.25) is 14.2 Å². The third-order valence-electron chi connectivity index (χ3n) is 3.94. The van der Waals surface area contributed by atoms with Gasteiger partial charge in [-0.05, 0) is 50.2 Å². The number of anilines is 1. The van der Waals surface area contributed by atoms with E-state index in [1.54, 1.807) is 47.9 Å². The van der Waals surface area contributed by atoms with Crippen molar-refractivity contribution in [1.29, 1.82) is 0 Å². The molecule has 3 rings (SSSR count). The number of aromatic nitrogens is 2. The third-order valence-corrected chi connectivity index (χ3v) is 5.76. The van der Waals surface area contributed by atoms with E-state index in [1.165, 1.54) is 11.8 Å². The SMILES string of the molecule is CCn1c(SC(C)C(=O)Nc2cccc(Cl)c2)nc2ccc(Br)cc2c1=O. The summed E-state index contributed by atoms with van der Waals surface area (Å²) in [6.45, 7) is 4.13. The molecule has 5 nitrogen and oxygen atoms in total. The number of thioether (sulfide) groups is 1. The Morgan fingerprint density at radius 1 is 1.33 bits per heavy atom. The molecule has 1 unspecified atom stereocenters. The van der Waals surface area contributed by atoms with Crippen LogP contribution >= 0.6 is 39.3 Å². The molecule has 0 spiro atoms. The highest BCUT2D eigenvalue weighted by atomic mass is 79.9. The van der Waals surface area contributed by atoms with Gasteiger partial charge in [0.15, 0.2) is 5.16 Å². The van der Waals surface area contributed by atoms with Crippen LogP contribution in [0, 0.1) is 0 Å². The molecule has 0 aliphatic heterocycles. The Hall–Kier alpha value is -1.83. The van der Waals surface area contributed by atoms with E-state index in [9.17, 15) is 9.59 Å². The van der Waals surface area contributed by atoms with Crippen molar-refractivity contribution in [1.82, 2.24) is 9.55 Å². The molecule has 1 N–H and O–H groups in total. The second-order valence-electron chi connectivity index (χ2n) is 5.86. The maximum Gasteiger partial charge on any atom is 0.262 e. The number of nitrogens with zero attached hydrogens (tertiary/aromatic N) is 2. The number of nitrogens with one attached hydrogen (secondary N) is 1. The Kier molecular flexibility index (Phi) is 6.24. The number of hydrogen-bond donors (Lipinski definition) is 1. The summed E-state index contributed by atoms with van der Waals surface area (Å²) in [5.41, 5.74) is 1.12. The summed E-state index contributed by atoms with van der Waals surface area (Å²) < 4.78 is 2.41. The molecule has 140 valence electrons. The number of carbonyl (C=O) groups excluding carboxylic acids is 1. The largest absolute Gasteiger partial charge is 0.325 e. The van der Waals surface area contributed by atoms with E-state index < -0.39 is 5.25 Å². The first-order valence-electron chi connectivity index (χ1n) is 8.32. The quantitative estimate of drug-likeness (QED) is 0.427. The van der Waals surface area contributed by atoms with E-state index in [0.29, 0.717) is 33.3 Å². The standard InChI is InChI=1S/C19H17BrClN3O2S/c1-3-24-18(26)15-9-12(20)7-8-16(15)23-19(24)27-11(2)17(25)22-14-6-4-5-13(21)10-14/h4-11H,3H2,1-2H3,(H,22,25). The molecular weight excluding hydrogens is 450 g/mol. The van der Waals surface area contributed by atoms with Gasteiger partial charge in [0.25, 0.3) is 5.56 Å². The fourth-order valence-corrected chi connectivity index (χ4v) is 4.09. The molecule has 0 aliphatic carbocycles. The van der Waals surface area contributed by atoms with Gasteiger partial charge >= 0.3 is 0 Å². The highest BCUT2D eigenvalue weighted by molar-refractivity contribution is 9.10. The lowest BCUT2D eigenvalue weighted by Crippen LogP contribution is -2.26. The number of benzene rings is 2. The maximum atomic E-state index is 12.8. The van der Waals surface area contributed by atoms with Crippen LogP contribution < -0.4 is 10.9 Å². The lowest BCUT2D eigenvalue weighted by atomic mass is 10.2. The summed E-state index contributed by atoms with van der Waals surface area (Å²) >= 11 is 10.6. The molecule has 0 saturated carbocycles. The zero-order valence-corrected chi connectivity index (χ0v) is 17.9. The van der Waals surface area contributed by atoms with Crippen molar-refractivity contribution in [2.45, 2.75) is 30.8 Å². The van der Waals surface area contributed by atoms with Crippen LogP contribution in [0.25, 0.3) is 10.9 Å². The van der Waals surface area contributed by atoms with Crippen LogP contribution in [0.5, 0.6) is 0 Å². The first-order valence-corrected chi connectivity index (χ1v) is 10.4. The van der Waals surface area contributed by atoms with Gasteiger partial charge in [0.2, 0.25) is 5.91 Å². The number of halogens is 2. The Morgan fingerprint density at radius 2 is 2.11 bits per heavy atom. The van der Waals surface area contributed by atoms with Crippen molar-refractivity contribution in [2.24, 2.45) is 0 Å². The minimum Gasteiger partial charge on any atom is -0.325 e. The Morgan fingerprint density at radius 3 is 2.81 bits per heavy atom. The van der Waals surface area contributed by atoms with Gasteiger partial charge in [-0.1, -0.05) is 45.4 Å². The van der Waals surface area contributed by atoms with Crippen LogP contribution in [0.1, 0.15) is 13.8 Å². The Labute approximate surface area is 174 Å². The zero-order chi connectivity index (χ0) is 19.6. The summed E-state index contributed by atoms with van der Waals surface area (Å²) in [4.78, 5) is 29.9. The highest BCUT2D eigenvalue weighted by Gasteiger charge is 2.19. The summed E-state index contributed by atoms with van der Waals surface area (Å²) in [6, 6.07) is 12.4. The van der Waals surface area contributed by atoms with Gasteiger partial charge in [0.1, 0.15) is 0 Å². The van der Waals surface area contributed by atoms with Crippen LogP contribution in [0.4, 0.5) is 5.69 Å². The van der Waals surface area contributed by atoms with Crippen molar-refractivity contribution in [3.8, 4) is 0 Å². The van der Waals surface area contributed by atoms with Crippen molar-refractivity contribution in [3.63, 3.8) is 0 Å². The van der Waals surface area contributed by atoms with Crippen molar-refractivity contribution >= 4 is 61.8 Å². The van der Waals surface area contributed by atoms with Crippen molar-refractivity contribution in [2.75, 3.05) is 5.32 Å². The maximum absolute atomic E-state index is 12.8. The van der Waals surface area contributed by atoms with Crippen LogP contribution in [0.15, 0.2) is 56.9 Å². The fraction of sp³-hybridized carbons (Fsp3) is 0.211. The third kappa shape index (κ3) is 4.54. The van der Waals surface area contributed by atoms with E-state index in [1.807, 2.05) is 13.0 Å². The Balaban J connectivity index is 1.87. The predicted octanol–water partition coefficient (Wildman–Crippen LogP) is 4.95. The smallest absolute Gasteiger partial charge is 0.262 e. The van der Waals surface area contributed by atoms with Crippen molar-refractivity contribution in [3.05, 3.63) is 62.3 Å². The second-order valence-corrected chi connectivity index (χ2v) is 8.53. The molecule has 1 heterocycles. The molecule has 1 aromatic heterocycles. The molecule has 8 heteroatoms. The molecule has 3 aromatic rings. The number of hydrogen-bond acceptors (Lipinski definition) is 4. The molecule has 1 atom stereocenters. The summed E-state index contributed by atoms with van der Waals surface area (Å²) in [6.07, 6.45) is 0. The molecule has 1 amide bonds. The molecule has 0 saturated heterocycles. The van der Waals surface area contributed by atoms with E-state index >= 15 is 0 Å². The van der Waals surface area contributed by atoms with Crippen LogP contribution in [-0.4, -0.2) is 20.7 Å². The van der Waals surface area contributed by atoms with Crippen LogP contribution in [0.2, 0.25) is 5.02 Å². The average Bonchev–Trinajstić information content (AvgIpc) is 2.62. The van der Waals surface area contributed by atoms with Gasteiger partial charge in [0, 0.05) is 21.7 Å². The molecule has 0 bridgehead atoms. The summed E-state index contributed by atoms with van der Waals surface area (Å²) in [5.74, 6) is -0.185. The normalized spacial score (nSPS) is 12.1. The van der Waals surface area contributed by atoms with Crippen LogP contribution in [-0.2, 0) is 11.3 Å². The van der Waals surface area contributed by atoms with E-state index in [4.69, 9.17) is 11.6 Å². The Bertz CT molecular complexity index is 1070. The first-order chi connectivity index (χ1) is 12.9. The molecule has 0 aliphatic rings. The van der Waals surface area contributed by atoms with Gasteiger partial charge in [-0.25, -0.2) is 4.98 Å². The summed E-state index contributed by atoms with van der Waals surface area (Å²) in [5, 5.41) is 4.01.